The van der Waals surface area contributed by atoms with Crippen molar-refractivity contribution in [2.24, 2.45) is 22.9 Å². The van der Waals surface area contributed by atoms with Crippen LogP contribution in [0.3, 0.4) is 0 Å². The number of hydrogen-bond acceptors (Lipinski definition) is 10. The number of aliphatic hydroxyl groups excluding tert-OH is 2. The van der Waals surface area contributed by atoms with Crippen molar-refractivity contribution in [1.82, 2.24) is 10.2 Å². The number of rotatable bonds is 30. The van der Waals surface area contributed by atoms with Crippen molar-refractivity contribution in [2.45, 2.75) is 154 Å². The Morgan fingerprint density at radius 3 is 2.29 bits per heavy atom. The largest absolute Gasteiger partial charge is 0.459 e. The molecule has 6 atom stereocenters. The highest BCUT2D eigenvalue weighted by Gasteiger charge is 2.65. The lowest BCUT2D eigenvalue weighted by Gasteiger charge is -2.59. The number of unbranched alkanes of at least 4 members (excludes halogenated alkanes) is 11. The minimum Gasteiger partial charge on any atom is -0.459 e. The van der Waals surface area contributed by atoms with Gasteiger partial charge in [0.25, 0.3) is 0 Å². The van der Waals surface area contributed by atoms with Crippen LogP contribution in [0, 0.1) is 17.8 Å². The Labute approximate surface area is 434 Å². The molecule has 12 heteroatoms. The van der Waals surface area contributed by atoms with Gasteiger partial charge in [0.2, 0.25) is 5.79 Å². The molecule has 0 aromatic heterocycles. The topological polar surface area (TPSA) is 148 Å². The number of allylic oxidation sites excluding steroid dienone is 1. The third-order valence-electron chi connectivity index (χ3n) is 15.0. The number of amides is 2. The van der Waals surface area contributed by atoms with E-state index in [9.17, 15) is 15.0 Å². The summed E-state index contributed by atoms with van der Waals surface area (Å²) in [5.74, 6) is -1.41. The SMILES string of the molecule is C=CCOC12Oc3ccc(OC(=O)NCc4ccccc4)cc3C3C(CCCCO)C(CCCCO)C=C(C(=NOCC)CC1N(Cc1cccc4ccccc14)C(=O)OCCCCCCCCCCCC)C32. The lowest BCUT2D eigenvalue weighted by atomic mass is 9.55. The van der Waals surface area contributed by atoms with Crippen LogP contribution in [0.1, 0.15) is 146 Å². The first kappa shape index (κ1) is 55.1. The number of carbonyl (C=O) groups is 2. The van der Waals surface area contributed by atoms with Crippen LogP contribution >= 0.6 is 0 Å². The average Bonchev–Trinajstić information content (AvgIpc) is 3.42. The number of oxime groups is 1. The van der Waals surface area contributed by atoms with Gasteiger partial charge in [-0.15, -0.1) is 6.58 Å². The van der Waals surface area contributed by atoms with Crippen LogP contribution in [0.15, 0.2) is 120 Å². The summed E-state index contributed by atoms with van der Waals surface area (Å²) >= 11 is 0. The molecule has 1 aliphatic heterocycles. The molecule has 0 spiro atoms. The molecule has 1 heterocycles. The molecule has 12 nitrogen and oxygen atoms in total. The van der Waals surface area contributed by atoms with Gasteiger partial charge in [-0.05, 0) is 96.5 Å². The predicted molar refractivity (Wildman–Crippen MR) is 289 cm³/mol. The molecule has 1 fully saturated rings. The minimum atomic E-state index is -1.50. The zero-order valence-electron chi connectivity index (χ0n) is 43.5. The first-order valence-corrected chi connectivity index (χ1v) is 27.5. The van der Waals surface area contributed by atoms with Crippen molar-refractivity contribution in [1.29, 1.82) is 0 Å². The van der Waals surface area contributed by atoms with Gasteiger partial charge in [-0.1, -0.05) is 168 Å². The van der Waals surface area contributed by atoms with Crippen LogP contribution in [0.2, 0.25) is 0 Å². The molecular formula is C61H81N3O9. The van der Waals surface area contributed by atoms with Gasteiger partial charge in [0.15, 0.2) is 0 Å². The fourth-order valence-electron chi connectivity index (χ4n) is 11.5. The summed E-state index contributed by atoms with van der Waals surface area (Å²) in [5, 5.41) is 30.0. The molecule has 0 radical (unpaired) electrons. The summed E-state index contributed by atoms with van der Waals surface area (Å²) in [6.45, 7) is 9.65. The zero-order valence-corrected chi connectivity index (χ0v) is 43.5. The molecule has 2 aliphatic carbocycles. The molecule has 6 unspecified atom stereocenters. The summed E-state index contributed by atoms with van der Waals surface area (Å²) in [7, 11) is 0. The van der Waals surface area contributed by atoms with Gasteiger partial charge in [0.05, 0.1) is 31.4 Å². The first-order chi connectivity index (χ1) is 35.8. The van der Waals surface area contributed by atoms with Crippen molar-refractivity contribution in [2.75, 3.05) is 33.0 Å². The van der Waals surface area contributed by atoms with Gasteiger partial charge < -0.3 is 39.3 Å². The normalized spacial score (nSPS) is 21.3. The maximum Gasteiger partial charge on any atom is 0.412 e. The van der Waals surface area contributed by atoms with Crippen LogP contribution in [-0.2, 0) is 27.4 Å². The van der Waals surface area contributed by atoms with E-state index in [0.29, 0.717) is 43.2 Å². The summed E-state index contributed by atoms with van der Waals surface area (Å²) in [6, 6.07) is 28.8. The zero-order chi connectivity index (χ0) is 51.3. The maximum atomic E-state index is 15.3. The van der Waals surface area contributed by atoms with Crippen molar-refractivity contribution >= 4 is 28.7 Å². The van der Waals surface area contributed by atoms with Crippen molar-refractivity contribution in [3.05, 3.63) is 132 Å². The molecule has 0 saturated heterocycles. The summed E-state index contributed by atoms with van der Waals surface area (Å²) in [6.07, 6.45) is 19.3. The average molecular weight is 1000 g/mol. The number of carbonyl (C=O) groups excluding carboxylic acids is 2. The second-order valence-electron chi connectivity index (χ2n) is 20.0. The van der Waals surface area contributed by atoms with Crippen molar-refractivity contribution in [3.63, 3.8) is 0 Å². The quantitative estimate of drug-likeness (QED) is 0.0264. The third kappa shape index (κ3) is 14.3. The molecule has 73 heavy (non-hydrogen) atoms. The van der Waals surface area contributed by atoms with Gasteiger partial charge in [0, 0.05) is 37.7 Å². The van der Waals surface area contributed by atoms with Crippen LogP contribution in [0.5, 0.6) is 11.5 Å². The molecule has 3 N–H and O–H groups in total. The number of ether oxygens (including phenoxy) is 4. The Kier molecular flexibility index (Phi) is 21.6. The van der Waals surface area contributed by atoms with Crippen LogP contribution in [0.4, 0.5) is 9.59 Å². The van der Waals surface area contributed by atoms with Gasteiger partial charge in [0.1, 0.15) is 24.1 Å². The number of hydrogen-bond donors (Lipinski definition) is 3. The molecule has 4 aromatic rings. The monoisotopic (exact) mass is 1000 g/mol. The summed E-state index contributed by atoms with van der Waals surface area (Å²) < 4.78 is 27.1. The lowest BCUT2D eigenvalue weighted by Crippen LogP contribution is -2.70. The summed E-state index contributed by atoms with van der Waals surface area (Å²) in [5.41, 5.74) is 4.37. The highest BCUT2D eigenvalue weighted by molar-refractivity contribution is 6.03. The smallest absolute Gasteiger partial charge is 0.412 e. The molecule has 1 saturated carbocycles. The Bertz CT molecular complexity index is 2420. The number of aliphatic hydroxyl groups is 2. The number of nitrogens with one attached hydrogen (secondary N) is 1. The maximum absolute atomic E-state index is 15.3. The van der Waals surface area contributed by atoms with Gasteiger partial charge in [-0.25, -0.2) is 9.59 Å². The van der Waals surface area contributed by atoms with Crippen LogP contribution in [-0.4, -0.2) is 77.9 Å². The van der Waals surface area contributed by atoms with E-state index in [4.69, 9.17) is 28.9 Å². The van der Waals surface area contributed by atoms with E-state index in [-0.39, 0.29) is 57.1 Å². The number of fused-ring (bicyclic) bond motifs is 3. The molecule has 3 aliphatic rings. The number of nitrogens with zero attached hydrogens (tertiary/aromatic N) is 2. The van der Waals surface area contributed by atoms with Gasteiger partial charge in [-0.3, -0.25) is 4.90 Å². The molecule has 7 rings (SSSR count). The van der Waals surface area contributed by atoms with E-state index < -0.39 is 29.9 Å². The molecule has 2 amide bonds. The standard InChI is InChI=1S/C61H81N3O9/c1-4-7-8-9-10-11-12-13-14-24-39-69-60(68)64(44-48-31-25-30-46-28-18-19-32-50(46)48)56-42-54(63-71-6-3)52-40-47(29-20-22-36-65)51(33-21-23-37-66)57-53-41-49(72-59(67)62-43-45-26-16-15-17-27-45)34-35-55(53)73-61(56,58(52)57)70-38-5-2/h5,15-19,25-28,30-32,34-35,40-41,47,51,56-58,65-66H,2,4,6-14,20-24,29,33,36-39,42-44H2,1,3H3,(H,62,67). The fourth-order valence-corrected chi connectivity index (χ4v) is 11.5. The van der Waals surface area contributed by atoms with Crippen LogP contribution < -0.4 is 14.8 Å². The van der Waals surface area contributed by atoms with Crippen molar-refractivity contribution in [3.8, 4) is 11.5 Å². The van der Waals surface area contributed by atoms with Gasteiger partial charge >= 0.3 is 12.2 Å². The molecule has 4 aromatic carbocycles. The second-order valence-corrected chi connectivity index (χ2v) is 20.0. The Morgan fingerprint density at radius 1 is 0.836 bits per heavy atom. The van der Waals surface area contributed by atoms with E-state index in [2.05, 4.69) is 49.2 Å². The van der Waals surface area contributed by atoms with Gasteiger partial charge in [-0.2, -0.15) is 0 Å². The lowest BCUT2D eigenvalue weighted by molar-refractivity contribution is -0.256. The highest BCUT2D eigenvalue weighted by atomic mass is 16.7. The van der Waals surface area contributed by atoms with E-state index in [1.165, 1.54) is 44.9 Å². The predicted octanol–water partition coefficient (Wildman–Crippen LogP) is 13.3. The number of benzene rings is 4. The Balaban J connectivity index is 1.32. The Hall–Kier alpha value is -5.69. The Morgan fingerprint density at radius 2 is 1.55 bits per heavy atom. The highest BCUT2D eigenvalue weighted by Crippen LogP contribution is 2.62. The molecule has 0 bridgehead atoms. The van der Waals surface area contributed by atoms with E-state index in [1.807, 2.05) is 72.5 Å². The van der Waals surface area contributed by atoms with E-state index in [1.54, 1.807) is 12.1 Å². The molecular weight excluding hydrogens is 919 g/mol. The van der Waals surface area contributed by atoms with E-state index >= 15 is 4.79 Å². The van der Waals surface area contributed by atoms with Crippen LogP contribution in [0.25, 0.3) is 10.8 Å². The first-order valence-electron chi connectivity index (χ1n) is 27.5. The minimum absolute atomic E-state index is 0.0163. The third-order valence-corrected chi connectivity index (χ3v) is 15.0. The fraction of sp³-hybridized carbons (Fsp3) is 0.525. The second kappa shape index (κ2) is 28.7. The molecule has 394 valence electrons. The van der Waals surface area contributed by atoms with E-state index in [0.717, 1.165) is 78.0 Å². The van der Waals surface area contributed by atoms with Crippen molar-refractivity contribution < 1.29 is 43.6 Å². The summed E-state index contributed by atoms with van der Waals surface area (Å²) in [4.78, 5) is 36.5.